The van der Waals surface area contributed by atoms with Crippen LogP contribution in [0.3, 0.4) is 0 Å². The Balaban J connectivity index is 2.60. The van der Waals surface area contributed by atoms with Crippen molar-refractivity contribution in [2.24, 2.45) is 0 Å². The number of halogens is 1. The van der Waals surface area contributed by atoms with Crippen molar-refractivity contribution in [2.45, 2.75) is 19.4 Å². The second kappa shape index (κ2) is 6.71. The molecule has 0 saturated heterocycles. The quantitative estimate of drug-likeness (QED) is 0.791. The lowest BCUT2D eigenvalue weighted by Crippen LogP contribution is -2.36. The summed E-state index contributed by atoms with van der Waals surface area (Å²) < 4.78 is 13.0. The van der Waals surface area contributed by atoms with Gasteiger partial charge in [0.25, 0.3) is 0 Å². The van der Waals surface area contributed by atoms with E-state index in [0.29, 0.717) is 12.1 Å². The summed E-state index contributed by atoms with van der Waals surface area (Å²) in [5.41, 5.74) is 6.20. The Morgan fingerprint density at radius 2 is 2.32 bits per heavy atom. The monoisotopic (exact) mass is 264 g/mol. The zero-order valence-corrected chi connectivity index (χ0v) is 11.0. The number of carbonyl (C=O) groups is 1. The molecule has 0 aliphatic heterocycles. The minimum absolute atomic E-state index is 0.0272. The highest BCUT2D eigenvalue weighted by atomic mass is 19.1. The number of carbonyl (C=O) groups excluding carboxylic acids is 1. The highest BCUT2D eigenvalue weighted by Crippen LogP contribution is 2.19. The van der Waals surface area contributed by atoms with E-state index in [-0.39, 0.29) is 24.2 Å². The maximum Gasteiger partial charge on any atom is 0.238 e. The number of hydrogen-bond acceptors (Lipinski definition) is 4. The average Bonchev–Trinajstić information content (AvgIpc) is 2.34. The van der Waals surface area contributed by atoms with E-state index in [0.717, 1.165) is 0 Å². The van der Waals surface area contributed by atoms with Crippen molar-refractivity contribution in [1.82, 2.24) is 4.90 Å². The second-order valence-electron chi connectivity index (χ2n) is 4.41. The SMILES string of the molecule is CC(CC#N)N(C)CC(=O)Nc1cc(F)ccc1N. The topological polar surface area (TPSA) is 82.2 Å². The van der Waals surface area contributed by atoms with Gasteiger partial charge in [-0.05, 0) is 32.2 Å². The average molecular weight is 264 g/mol. The van der Waals surface area contributed by atoms with Gasteiger partial charge < -0.3 is 11.1 Å². The molecule has 0 aromatic heterocycles. The van der Waals surface area contributed by atoms with Gasteiger partial charge in [-0.1, -0.05) is 0 Å². The number of nitrogens with one attached hydrogen (secondary N) is 1. The van der Waals surface area contributed by atoms with Crippen LogP contribution in [0, 0.1) is 17.1 Å². The second-order valence-corrected chi connectivity index (χ2v) is 4.41. The van der Waals surface area contributed by atoms with Gasteiger partial charge in [0, 0.05) is 6.04 Å². The van der Waals surface area contributed by atoms with Crippen LogP contribution in [0.2, 0.25) is 0 Å². The van der Waals surface area contributed by atoms with E-state index in [1.54, 1.807) is 11.9 Å². The number of nitriles is 1. The van der Waals surface area contributed by atoms with Crippen molar-refractivity contribution in [3.8, 4) is 6.07 Å². The fourth-order valence-corrected chi connectivity index (χ4v) is 1.50. The summed E-state index contributed by atoms with van der Waals surface area (Å²) in [4.78, 5) is 13.5. The number of rotatable bonds is 5. The third kappa shape index (κ3) is 4.56. The third-order valence-electron chi connectivity index (χ3n) is 2.82. The molecular weight excluding hydrogens is 247 g/mol. The summed E-state index contributed by atoms with van der Waals surface area (Å²) in [6.07, 6.45) is 0.339. The molecule has 0 heterocycles. The largest absolute Gasteiger partial charge is 0.397 e. The van der Waals surface area contributed by atoms with Gasteiger partial charge in [-0.15, -0.1) is 0 Å². The Hall–Kier alpha value is -2.13. The Morgan fingerprint density at radius 3 is 2.95 bits per heavy atom. The summed E-state index contributed by atoms with van der Waals surface area (Å²) in [5.74, 6) is -0.764. The van der Waals surface area contributed by atoms with Crippen LogP contribution in [0.1, 0.15) is 13.3 Å². The van der Waals surface area contributed by atoms with Gasteiger partial charge in [0.05, 0.1) is 30.4 Å². The molecule has 102 valence electrons. The van der Waals surface area contributed by atoms with Crippen molar-refractivity contribution in [3.05, 3.63) is 24.0 Å². The molecular formula is C13H17FN4O. The number of benzene rings is 1. The normalized spacial score (nSPS) is 11.9. The summed E-state index contributed by atoms with van der Waals surface area (Å²) in [5, 5.41) is 11.1. The summed E-state index contributed by atoms with van der Waals surface area (Å²) in [7, 11) is 1.75. The van der Waals surface area contributed by atoms with E-state index >= 15 is 0 Å². The summed E-state index contributed by atoms with van der Waals surface area (Å²) in [6.45, 7) is 1.96. The third-order valence-corrected chi connectivity index (χ3v) is 2.82. The lowest BCUT2D eigenvalue weighted by molar-refractivity contribution is -0.117. The molecule has 0 fully saturated rings. The minimum atomic E-state index is -0.462. The Bertz CT molecular complexity index is 498. The molecule has 1 aromatic carbocycles. The van der Waals surface area contributed by atoms with E-state index in [9.17, 15) is 9.18 Å². The predicted molar refractivity (Wildman–Crippen MR) is 71.8 cm³/mol. The highest BCUT2D eigenvalue weighted by Gasteiger charge is 2.13. The summed E-state index contributed by atoms with van der Waals surface area (Å²) in [6, 6.07) is 5.81. The van der Waals surface area contributed by atoms with E-state index in [4.69, 9.17) is 11.0 Å². The molecule has 0 aliphatic rings. The first kappa shape index (κ1) is 14.9. The van der Waals surface area contributed by atoms with Crippen LogP contribution in [0.4, 0.5) is 15.8 Å². The van der Waals surface area contributed by atoms with Crippen LogP contribution in [0.15, 0.2) is 18.2 Å². The van der Waals surface area contributed by atoms with Crippen LogP contribution in [-0.4, -0.2) is 30.4 Å². The Kier molecular flexibility index (Phi) is 5.27. The van der Waals surface area contributed by atoms with Crippen molar-refractivity contribution >= 4 is 17.3 Å². The number of amides is 1. The molecule has 0 radical (unpaired) electrons. The molecule has 1 unspecified atom stereocenters. The van der Waals surface area contributed by atoms with Gasteiger partial charge in [-0.25, -0.2) is 4.39 Å². The van der Waals surface area contributed by atoms with Crippen LogP contribution in [0.25, 0.3) is 0 Å². The molecule has 5 nitrogen and oxygen atoms in total. The number of nitrogens with zero attached hydrogens (tertiary/aromatic N) is 2. The fourth-order valence-electron chi connectivity index (χ4n) is 1.50. The van der Waals surface area contributed by atoms with Crippen molar-refractivity contribution in [1.29, 1.82) is 5.26 Å². The number of hydrogen-bond donors (Lipinski definition) is 2. The van der Waals surface area contributed by atoms with Gasteiger partial charge in [0.2, 0.25) is 5.91 Å². The van der Waals surface area contributed by atoms with Crippen LogP contribution in [0.5, 0.6) is 0 Å². The molecule has 0 saturated carbocycles. The van der Waals surface area contributed by atoms with Crippen molar-refractivity contribution in [3.63, 3.8) is 0 Å². The van der Waals surface area contributed by atoms with Gasteiger partial charge >= 0.3 is 0 Å². The zero-order chi connectivity index (χ0) is 14.4. The molecule has 0 aliphatic carbocycles. The maximum atomic E-state index is 13.0. The molecule has 1 amide bonds. The highest BCUT2D eigenvalue weighted by molar-refractivity contribution is 5.95. The maximum absolute atomic E-state index is 13.0. The van der Waals surface area contributed by atoms with Gasteiger partial charge in [-0.3, -0.25) is 9.69 Å². The van der Waals surface area contributed by atoms with Crippen molar-refractivity contribution < 1.29 is 9.18 Å². The fraction of sp³-hybridized carbons (Fsp3) is 0.385. The van der Waals surface area contributed by atoms with E-state index in [2.05, 4.69) is 5.32 Å². The molecule has 0 bridgehead atoms. The first-order valence-electron chi connectivity index (χ1n) is 5.86. The molecule has 1 rings (SSSR count). The molecule has 1 aromatic rings. The molecule has 3 N–H and O–H groups in total. The first-order chi connectivity index (χ1) is 8.93. The number of nitrogen functional groups attached to an aromatic ring is 1. The standard InChI is InChI=1S/C13H17FN4O/c1-9(5-6-15)18(2)8-13(19)17-12-7-10(14)3-4-11(12)16/h3-4,7,9H,5,8,16H2,1-2H3,(H,17,19). The van der Waals surface area contributed by atoms with Gasteiger partial charge in [0.15, 0.2) is 0 Å². The Labute approximate surface area is 111 Å². The minimum Gasteiger partial charge on any atom is -0.397 e. The number of likely N-dealkylation sites (N-methyl/N-ethyl adjacent to an activating group) is 1. The molecule has 1 atom stereocenters. The predicted octanol–water partition coefficient (Wildman–Crippen LogP) is 1.58. The molecule has 19 heavy (non-hydrogen) atoms. The summed E-state index contributed by atoms with van der Waals surface area (Å²) >= 11 is 0. The van der Waals surface area contributed by atoms with Crippen molar-refractivity contribution in [2.75, 3.05) is 24.6 Å². The van der Waals surface area contributed by atoms with Crippen LogP contribution < -0.4 is 11.1 Å². The first-order valence-corrected chi connectivity index (χ1v) is 5.86. The lowest BCUT2D eigenvalue weighted by atomic mass is 10.2. The van der Waals surface area contributed by atoms with Gasteiger partial charge in [0.1, 0.15) is 5.82 Å². The molecule has 6 heteroatoms. The van der Waals surface area contributed by atoms with Gasteiger partial charge in [-0.2, -0.15) is 5.26 Å². The van der Waals surface area contributed by atoms with Crippen LogP contribution >= 0.6 is 0 Å². The van der Waals surface area contributed by atoms with E-state index in [1.807, 2.05) is 13.0 Å². The zero-order valence-electron chi connectivity index (χ0n) is 11.0. The van der Waals surface area contributed by atoms with E-state index in [1.165, 1.54) is 18.2 Å². The van der Waals surface area contributed by atoms with Crippen LogP contribution in [-0.2, 0) is 4.79 Å². The number of anilines is 2. The van der Waals surface area contributed by atoms with E-state index < -0.39 is 5.82 Å². The molecule has 0 spiro atoms. The Morgan fingerprint density at radius 1 is 1.63 bits per heavy atom. The number of nitrogens with two attached hydrogens (primary N) is 1. The lowest BCUT2D eigenvalue weighted by Gasteiger charge is -2.21. The smallest absolute Gasteiger partial charge is 0.238 e.